The number of benzene rings is 1. The zero-order valence-electron chi connectivity index (χ0n) is 15.6. The molecular formula is C19H24ClN3O5. The molecule has 1 atom stereocenters. The van der Waals surface area contributed by atoms with Crippen LogP contribution in [-0.4, -0.2) is 36.5 Å². The van der Waals surface area contributed by atoms with Crippen molar-refractivity contribution in [2.75, 3.05) is 6.61 Å². The zero-order valence-corrected chi connectivity index (χ0v) is 16.4. The van der Waals surface area contributed by atoms with Crippen LogP contribution in [0.4, 0.5) is 4.79 Å². The Morgan fingerprint density at radius 3 is 2.39 bits per heavy atom. The van der Waals surface area contributed by atoms with Crippen LogP contribution >= 0.6 is 11.6 Å². The molecule has 1 unspecified atom stereocenters. The highest BCUT2D eigenvalue weighted by Gasteiger charge is 2.21. The number of carbonyl (C=O) groups is 4. The number of halogens is 1. The first kappa shape index (κ1) is 21.7. The summed E-state index contributed by atoms with van der Waals surface area (Å²) in [4.78, 5) is 47.0. The lowest BCUT2D eigenvalue weighted by Crippen LogP contribution is -2.45. The van der Waals surface area contributed by atoms with Gasteiger partial charge in [-0.2, -0.15) is 0 Å². The minimum atomic E-state index is -0.716. The molecule has 1 aromatic carbocycles. The third-order valence-corrected chi connectivity index (χ3v) is 4.58. The Balaban J connectivity index is 1.79. The molecule has 28 heavy (non-hydrogen) atoms. The van der Waals surface area contributed by atoms with Crippen LogP contribution in [0.15, 0.2) is 24.3 Å². The standard InChI is InChI=1S/C19H24ClN3O5/c1-12(24)21-16(13-6-8-14(20)9-7-13)10-18(26)28-11-17(25)23-19(27)22-15-4-2-3-5-15/h6-9,15-16H,2-5,10-11H2,1H3,(H,21,24)(H2,22,23,25,27). The third-order valence-electron chi connectivity index (χ3n) is 4.33. The molecular weight excluding hydrogens is 386 g/mol. The number of ether oxygens (including phenoxy) is 1. The van der Waals surface area contributed by atoms with E-state index in [-0.39, 0.29) is 18.4 Å². The van der Waals surface area contributed by atoms with Crippen molar-refractivity contribution in [3.63, 3.8) is 0 Å². The lowest BCUT2D eigenvalue weighted by Gasteiger charge is -2.18. The largest absolute Gasteiger partial charge is 0.455 e. The van der Waals surface area contributed by atoms with Crippen molar-refractivity contribution in [1.29, 1.82) is 0 Å². The highest BCUT2D eigenvalue weighted by molar-refractivity contribution is 6.30. The monoisotopic (exact) mass is 409 g/mol. The van der Waals surface area contributed by atoms with Gasteiger partial charge >= 0.3 is 12.0 Å². The molecule has 1 aliphatic rings. The molecule has 0 aromatic heterocycles. The summed E-state index contributed by atoms with van der Waals surface area (Å²) in [6.45, 7) is 0.759. The molecule has 8 nitrogen and oxygen atoms in total. The second-order valence-electron chi connectivity index (χ2n) is 6.67. The minimum absolute atomic E-state index is 0.0770. The van der Waals surface area contributed by atoms with E-state index < -0.39 is 30.6 Å². The lowest BCUT2D eigenvalue weighted by molar-refractivity contribution is -0.148. The topological polar surface area (TPSA) is 114 Å². The van der Waals surface area contributed by atoms with Gasteiger partial charge < -0.3 is 15.4 Å². The summed E-state index contributed by atoms with van der Waals surface area (Å²) in [6.07, 6.45) is 3.74. The van der Waals surface area contributed by atoms with Crippen LogP contribution in [0.3, 0.4) is 0 Å². The molecule has 1 aliphatic carbocycles. The molecule has 3 N–H and O–H groups in total. The molecule has 2 rings (SSSR count). The Bertz CT molecular complexity index is 717. The number of rotatable bonds is 7. The predicted octanol–water partition coefficient (Wildman–Crippen LogP) is 2.22. The summed E-state index contributed by atoms with van der Waals surface area (Å²) in [6, 6.07) is 5.54. The number of hydrogen-bond donors (Lipinski definition) is 3. The van der Waals surface area contributed by atoms with Gasteiger partial charge in [0.15, 0.2) is 6.61 Å². The Morgan fingerprint density at radius 2 is 1.79 bits per heavy atom. The van der Waals surface area contributed by atoms with Gasteiger partial charge in [0.1, 0.15) is 0 Å². The summed E-state index contributed by atoms with van der Waals surface area (Å²) in [7, 11) is 0. The maximum atomic E-state index is 12.1. The summed E-state index contributed by atoms with van der Waals surface area (Å²) < 4.78 is 4.92. The van der Waals surface area contributed by atoms with Gasteiger partial charge in [-0.3, -0.25) is 19.7 Å². The Kier molecular flexibility index (Phi) is 8.25. The molecule has 0 heterocycles. The van der Waals surface area contributed by atoms with Gasteiger partial charge in [-0.05, 0) is 30.5 Å². The first-order valence-electron chi connectivity index (χ1n) is 9.12. The summed E-state index contributed by atoms with van der Waals surface area (Å²) in [5, 5.41) is 8.03. The summed E-state index contributed by atoms with van der Waals surface area (Å²) in [5.41, 5.74) is 0.678. The van der Waals surface area contributed by atoms with Crippen LogP contribution in [0.5, 0.6) is 0 Å². The minimum Gasteiger partial charge on any atom is -0.455 e. The average Bonchev–Trinajstić information content (AvgIpc) is 3.12. The van der Waals surface area contributed by atoms with Crippen molar-refractivity contribution in [2.24, 2.45) is 0 Å². The number of urea groups is 1. The van der Waals surface area contributed by atoms with E-state index in [0.29, 0.717) is 10.6 Å². The fraction of sp³-hybridized carbons (Fsp3) is 0.474. The molecule has 0 radical (unpaired) electrons. The van der Waals surface area contributed by atoms with E-state index in [0.717, 1.165) is 25.7 Å². The second kappa shape index (κ2) is 10.7. The first-order valence-corrected chi connectivity index (χ1v) is 9.50. The van der Waals surface area contributed by atoms with Crippen LogP contribution < -0.4 is 16.0 Å². The van der Waals surface area contributed by atoms with Gasteiger partial charge in [0.2, 0.25) is 5.91 Å². The normalized spacial score (nSPS) is 14.8. The molecule has 0 saturated heterocycles. The zero-order chi connectivity index (χ0) is 20.5. The van der Waals surface area contributed by atoms with E-state index in [1.54, 1.807) is 24.3 Å². The fourth-order valence-electron chi connectivity index (χ4n) is 3.02. The van der Waals surface area contributed by atoms with Gasteiger partial charge in [0, 0.05) is 18.0 Å². The fourth-order valence-corrected chi connectivity index (χ4v) is 3.14. The van der Waals surface area contributed by atoms with E-state index >= 15 is 0 Å². The molecule has 9 heteroatoms. The van der Waals surface area contributed by atoms with E-state index in [9.17, 15) is 19.2 Å². The molecule has 0 spiro atoms. The van der Waals surface area contributed by atoms with E-state index in [1.807, 2.05) is 0 Å². The molecule has 0 aliphatic heterocycles. The molecule has 1 aromatic rings. The SMILES string of the molecule is CC(=O)NC(CC(=O)OCC(=O)NC(=O)NC1CCCC1)c1ccc(Cl)cc1. The molecule has 152 valence electrons. The second-order valence-corrected chi connectivity index (χ2v) is 7.11. The Labute approximate surface area is 168 Å². The number of carbonyl (C=O) groups excluding carboxylic acids is 4. The molecule has 4 amide bonds. The van der Waals surface area contributed by atoms with E-state index in [4.69, 9.17) is 16.3 Å². The van der Waals surface area contributed by atoms with Crippen molar-refractivity contribution >= 4 is 35.4 Å². The summed E-state index contributed by atoms with van der Waals surface area (Å²) >= 11 is 5.85. The number of esters is 1. The van der Waals surface area contributed by atoms with Crippen molar-refractivity contribution < 1.29 is 23.9 Å². The van der Waals surface area contributed by atoms with Gasteiger partial charge in [-0.1, -0.05) is 36.6 Å². The number of hydrogen-bond acceptors (Lipinski definition) is 5. The quantitative estimate of drug-likeness (QED) is 0.597. The maximum Gasteiger partial charge on any atom is 0.321 e. The van der Waals surface area contributed by atoms with Crippen molar-refractivity contribution in [1.82, 2.24) is 16.0 Å². The molecule has 0 bridgehead atoms. The van der Waals surface area contributed by atoms with Gasteiger partial charge in [0.25, 0.3) is 5.91 Å². The Morgan fingerprint density at radius 1 is 1.14 bits per heavy atom. The van der Waals surface area contributed by atoms with Crippen molar-refractivity contribution in [3.8, 4) is 0 Å². The highest BCUT2D eigenvalue weighted by Crippen LogP contribution is 2.20. The van der Waals surface area contributed by atoms with Gasteiger partial charge in [-0.15, -0.1) is 0 Å². The molecule has 1 saturated carbocycles. The van der Waals surface area contributed by atoms with E-state index in [2.05, 4.69) is 16.0 Å². The number of nitrogens with one attached hydrogen (secondary N) is 3. The van der Waals surface area contributed by atoms with Crippen molar-refractivity contribution in [3.05, 3.63) is 34.9 Å². The third kappa shape index (κ3) is 7.56. The highest BCUT2D eigenvalue weighted by atomic mass is 35.5. The van der Waals surface area contributed by atoms with E-state index in [1.165, 1.54) is 6.92 Å². The molecule has 1 fully saturated rings. The van der Waals surface area contributed by atoms with Gasteiger partial charge in [-0.25, -0.2) is 4.79 Å². The Hall–Kier alpha value is -2.61. The first-order chi connectivity index (χ1) is 13.3. The van der Waals surface area contributed by atoms with Crippen LogP contribution in [-0.2, 0) is 19.1 Å². The van der Waals surface area contributed by atoms with Crippen LogP contribution in [0, 0.1) is 0 Å². The number of imide groups is 1. The van der Waals surface area contributed by atoms with Crippen LogP contribution in [0.1, 0.15) is 50.6 Å². The van der Waals surface area contributed by atoms with Crippen LogP contribution in [0.25, 0.3) is 0 Å². The van der Waals surface area contributed by atoms with Crippen LogP contribution in [0.2, 0.25) is 5.02 Å². The smallest absolute Gasteiger partial charge is 0.321 e. The maximum absolute atomic E-state index is 12.1. The lowest BCUT2D eigenvalue weighted by atomic mass is 10.0. The van der Waals surface area contributed by atoms with Crippen molar-refractivity contribution in [2.45, 2.75) is 51.1 Å². The summed E-state index contributed by atoms with van der Waals surface area (Å²) in [5.74, 6) is -1.71. The average molecular weight is 410 g/mol. The predicted molar refractivity (Wildman–Crippen MR) is 103 cm³/mol. The number of amides is 4. The van der Waals surface area contributed by atoms with Gasteiger partial charge in [0.05, 0.1) is 12.5 Å².